The van der Waals surface area contributed by atoms with Gasteiger partial charge < -0.3 is 4.42 Å². The van der Waals surface area contributed by atoms with Crippen molar-refractivity contribution in [3.8, 4) is 45.3 Å². The van der Waals surface area contributed by atoms with Crippen LogP contribution in [-0.4, -0.2) is 15.0 Å². The van der Waals surface area contributed by atoms with Crippen molar-refractivity contribution in [1.29, 1.82) is 0 Å². The standard InChI is InChI=1S/C42H25N3OS/c1-3-13-26(14-4-1)39-43-40(27-15-5-2-6-16-27)45-41(44-39)30-25-34-37(29-23-24-46-38(29)30)28-17-7-8-18-31(28)42(34)32-19-9-11-21-35(32)47-36-22-12-10-20-33(36)42/h1-25H. The van der Waals surface area contributed by atoms with Gasteiger partial charge in [0.15, 0.2) is 17.5 Å². The zero-order valence-electron chi connectivity index (χ0n) is 25.1. The Balaban J connectivity index is 1.33. The maximum atomic E-state index is 6.35. The summed E-state index contributed by atoms with van der Waals surface area (Å²) in [5, 5.41) is 1.05. The van der Waals surface area contributed by atoms with E-state index in [2.05, 4.69) is 84.9 Å². The molecule has 8 aromatic rings. The van der Waals surface area contributed by atoms with E-state index in [0.717, 1.165) is 27.7 Å². The lowest BCUT2D eigenvalue weighted by atomic mass is 9.67. The summed E-state index contributed by atoms with van der Waals surface area (Å²) in [5.41, 5.74) is 10.4. The average molecular weight is 620 g/mol. The Bertz CT molecular complexity index is 2400. The van der Waals surface area contributed by atoms with Crippen molar-refractivity contribution in [3.05, 3.63) is 174 Å². The highest BCUT2D eigenvalue weighted by atomic mass is 32.2. The van der Waals surface area contributed by atoms with E-state index in [1.165, 1.54) is 43.2 Å². The molecule has 47 heavy (non-hydrogen) atoms. The first-order valence-corrected chi connectivity index (χ1v) is 16.5. The third-order valence-electron chi connectivity index (χ3n) is 9.48. The number of aromatic nitrogens is 3. The number of fused-ring (bicyclic) bond motifs is 11. The highest BCUT2D eigenvalue weighted by molar-refractivity contribution is 7.99. The largest absolute Gasteiger partial charge is 0.464 e. The van der Waals surface area contributed by atoms with Crippen LogP contribution in [0.25, 0.3) is 56.3 Å². The summed E-state index contributed by atoms with van der Waals surface area (Å²) in [4.78, 5) is 17.8. The molecule has 220 valence electrons. The van der Waals surface area contributed by atoms with Crippen LogP contribution in [0.4, 0.5) is 0 Å². The van der Waals surface area contributed by atoms with Crippen LogP contribution in [0.5, 0.6) is 0 Å². The van der Waals surface area contributed by atoms with Crippen LogP contribution in [0, 0.1) is 0 Å². The molecule has 1 spiro atoms. The molecule has 6 aromatic carbocycles. The van der Waals surface area contributed by atoms with E-state index < -0.39 is 5.41 Å². The summed E-state index contributed by atoms with van der Waals surface area (Å²) in [7, 11) is 0. The van der Waals surface area contributed by atoms with Gasteiger partial charge in [-0.05, 0) is 57.6 Å². The minimum Gasteiger partial charge on any atom is -0.464 e. The normalized spacial score (nSPS) is 13.6. The molecular formula is C42H25N3OS. The summed E-state index contributed by atoms with van der Waals surface area (Å²) in [6.45, 7) is 0. The Morgan fingerprint density at radius 2 is 1.00 bits per heavy atom. The van der Waals surface area contributed by atoms with Gasteiger partial charge in [0.25, 0.3) is 0 Å². The van der Waals surface area contributed by atoms with E-state index in [0.29, 0.717) is 17.5 Å². The maximum absolute atomic E-state index is 6.35. The molecule has 0 bridgehead atoms. The average Bonchev–Trinajstić information content (AvgIpc) is 3.74. The van der Waals surface area contributed by atoms with Gasteiger partial charge in [-0.15, -0.1) is 0 Å². The molecule has 2 aliphatic rings. The number of hydrogen-bond acceptors (Lipinski definition) is 5. The lowest BCUT2D eigenvalue weighted by Gasteiger charge is -2.39. The van der Waals surface area contributed by atoms with Gasteiger partial charge in [-0.3, -0.25) is 0 Å². The molecule has 4 nitrogen and oxygen atoms in total. The maximum Gasteiger partial charge on any atom is 0.167 e. The van der Waals surface area contributed by atoms with Gasteiger partial charge in [0.05, 0.1) is 17.2 Å². The molecule has 10 rings (SSSR count). The quantitative estimate of drug-likeness (QED) is 0.197. The fourth-order valence-corrected chi connectivity index (χ4v) is 8.76. The van der Waals surface area contributed by atoms with Crippen molar-refractivity contribution in [2.24, 2.45) is 0 Å². The summed E-state index contributed by atoms with van der Waals surface area (Å²) in [6.07, 6.45) is 1.79. The third kappa shape index (κ3) is 3.75. The van der Waals surface area contributed by atoms with Gasteiger partial charge in [0.1, 0.15) is 5.58 Å². The highest BCUT2D eigenvalue weighted by Crippen LogP contribution is 2.63. The summed E-state index contributed by atoms with van der Waals surface area (Å²) in [6, 6.07) is 51.2. The van der Waals surface area contributed by atoms with Gasteiger partial charge >= 0.3 is 0 Å². The Morgan fingerprint density at radius 3 is 1.64 bits per heavy atom. The fourth-order valence-electron chi connectivity index (χ4n) is 7.57. The van der Waals surface area contributed by atoms with Crippen LogP contribution in [0.2, 0.25) is 0 Å². The molecule has 0 radical (unpaired) electrons. The van der Waals surface area contributed by atoms with Gasteiger partial charge in [-0.25, -0.2) is 15.0 Å². The second kappa shape index (κ2) is 10.1. The van der Waals surface area contributed by atoms with Crippen LogP contribution < -0.4 is 0 Å². The minimum atomic E-state index is -0.526. The summed E-state index contributed by atoms with van der Waals surface area (Å²) >= 11 is 1.85. The number of rotatable bonds is 3. The molecule has 3 heterocycles. The van der Waals surface area contributed by atoms with Crippen molar-refractivity contribution < 1.29 is 4.42 Å². The first-order valence-electron chi connectivity index (χ1n) is 15.7. The van der Waals surface area contributed by atoms with Crippen molar-refractivity contribution in [1.82, 2.24) is 15.0 Å². The molecular weight excluding hydrogens is 595 g/mol. The van der Waals surface area contributed by atoms with Crippen molar-refractivity contribution >= 4 is 22.7 Å². The van der Waals surface area contributed by atoms with Crippen LogP contribution >= 0.6 is 11.8 Å². The smallest absolute Gasteiger partial charge is 0.167 e. The predicted molar refractivity (Wildman–Crippen MR) is 187 cm³/mol. The number of nitrogens with zero attached hydrogens (tertiary/aromatic N) is 3. The van der Waals surface area contributed by atoms with Crippen molar-refractivity contribution in [3.63, 3.8) is 0 Å². The van der Waals surface area contributed by atoms with E-state index in [4.69, 9.17) is 19.4 Å². The number of benzene rings is 6. The van der Waals surface area contributed by atoms with Gasteiger partial charge in [-0.2, -0.15) is 0 Å². The molecule has 0 saturated carbocycles. The molecule has 0 amide bonds. The van der Waals surface area contributed by atoms with Crippen molar-refractivity contribution in [2.45, 2.75) is 15.2 Å². The van der Waals surface area contributed by atoms with Crippen LogP contribution in [0.15, 0.2) is 166 Å². The molecule has 5 heteroatoms. The Labute approximate surface area is 275 Å². The first kappa shape index (κ1) is 26.4. The molecule has 0 atom stereocenters. The zero-order valence-corrected chi connectivity index (χ0v) is 25.9. The molecule has 1 aliphatic heterocycles. The van der Waals surface area contributed by atoms with E-state index in [-0.39, 0.29) is 0 Å². The van der Waals surface area contributed by atoms with Crippen LogP contribution in [0.3, 0.4) is 0 Å². The third-order valence-corrected chi connectivity index (χ3v) is 10.6. The van der Waals surface area contributed by atoms with E-state index in [1.54, 1.807) is 6.26 Å². The topological polar surface area (TPSA) is 51.8 Å². The molecule has 1 aliphatic carbocycles. The minimum absolute atomic E-state index is 0.526. The second-order valence-electron chi connectivity index (χ2n) is 11.9. The molecule has 0 saturated heterocycles. The Hall–Kier alpha value is -5.78. The second-order valence-corrected chi connectivity index (χ2v) is 13.0. The van der Waals surface area contributed by atoms with Crippen LogP contribution in [-0.2, 0) is 5.41 Å². The van der Waals surface area contributed by atoms with Gasteiger partial charge in [0, 0.05) is 26.3 Å². The number of hydrogen-bond donors (Lipinski definition) is 0. The lowest BCUT2D eigenvalue weighted by molar-refractivity contribution is 0.616. The Kier molecular flexibility index (Phi) is 5.69. The predicted octanol–water partition coefficient (Wildman–Crippen LogP) is 10.4. The summed E-state index contributed by atoms with van der Waals surface area (Å²) < 4.78 is 6.35. The fraction of sp³-hybridized carbons (Fsp3) is 0.0238. The monoisotopic (exact) mass is 619 g/mol. The van der Waals surface area contributed by atoms with E-state index in [1.807, 2.05) is 72.4 Å². The zero-order chi connectivity index (χ0) is 31.0. The Morgan fingerprint density at radius 1 is 0.468 bits per heavy atom. The van der Waals surface area contributed by atoms with Crippen molar-refractivity contribution in [2.75, 3.05) is 0 Å². The highest BCUT2D eigenvalue weighted by Gasteiger charge is 2.51. The number of furan rings is 1. The van der Waals surface area contributed by atoms with E-state index in [9.17, 15) is 0 Å². The molecule has 2 aromatic heterocycles. The molecule has 0 N–H and O–H groups in total. The van der Waals surface area contributed by atoms with Gasteiger partial charge in [0.2, 0.25) is 0 Å². The lowest BCUT2D eigenvalue weighted by Crippen LogP contribution is -2.32. The molecule has 0 fully saturated rings. The van der Waals surface area contributed by atoms with Gasteiger partial charge in [-0.1, -0.05) is 133 Å². The molecule has 0 unspecified atom stereocenters. The first-order chi connectivity index (χ1) is 23.3. The van der Waals surface area contributed by atoms with E-state index >= 15 is 0 Å². The SMILES string of the molecule is c1ccc(-c2nc(-c3ccccc3)nc(-c3cc4c(c5ccoc35)-c3ccccc3C43c4ccccc4Sc4ccccc43)n2)cc1. The van der Waals surface area contributed by atoms with Crippen LogP contribution in [0.1, 0.15) is 22.3 Å². The summed E-state index contributed by atoms with van der Waals surface area (Å²) in [5.74, 6) is 1.83.